The standard InChI is InChI=1S/C19H24O3S.C6H11N3O3/c1-19(2,15-5-3-14(11-20)4-6-15)16-7-9-18(10-8-16)22-12-17(21)13-23;1-7-4(10)8(2)6(12)9(3)5(7)11/h3-10,17,20-21,23H,11-13H2,1-2H3;4,10H,1-3H3. The topological polar surface area (TPSA) is 114 Å². The fraction of sp³-hybridized carbons (Fsp3) is 0.440. The van der Waals surface area contributed by atoms with E-state index in [1.54, 1.807) is 0 Å². The van der Waals surface area contributed by atoms with Crippen LogP contribution >= 0.6 is 12.6 Å². The molecule has 0 aromatic heterocycles. The average molecular weight is 506 g/mol. The Morgan fingerprint density at radius 1 is 0.943 bits per heavy atom. The summed E-state index contributed by atoms with van der Waals surface area (Å²) in [6.07, 6.45) is -1.72. The highest BCUT2D eigenvalue weighted by Crippen LogP contribution is 2.32. The normalized spacial score (nSPS) is 15.6. The third-order valence-electron chi connectivity index (χ3n) is 5.96. The van der Waals surface area contributed by atoms with Crippen molar-refractivity contribution in [2.45, 2.75) is 38.3 Å². The van der Waals surface area contributed by atoms with E-state index in [4.69, 9.17) is 9.84 Å². The van der Waals surface area contributed by atoms with Gasteiger partial charge >= 0.3 is 12.1 Å². The van der Waals surface area contributed by atoms with Crippen LogP contribution in [0.1, 0.15) is 30.5 Å². The van der Waals surface area contributed by atoms with Crippen LogP contribution in [0.2, 0.25) is 0 Å². The second-order valence-corrected chi connectivity index (χ2v) is 9.21. The van der Waals surface area contributed by atoms with Gasteiger partial charge in [-0.25, -0.2) is 14.5 Å². The number of carbonyl (C=O) groups is 2. The number of aliphatic hydroxyl groups is 3. The van der Waals surface area contributed by atoms with E-state index in [-0.39, 0.29) is 18.6 Å². The molecule has 35 heavy (non-hydrogen) atoms. The summed E-state index contributed by atoms with van der Waals surface area (Å²) in [4.78, 5) is 25.4. The van der Waals surface area contributed by atoms with Gasteiger partial charge in [0.2, 0.25) is 6.35 Å². The molecule has 0 spiro atoms. The molecule has 4 amide bonds. The van der Waals surface area contributed by atoms with Crippen molar-refractivity contribution in [1.82, 2.24) is 14.7 Å². The van der Waals surface area contributed by atoms with Crippen LogP contribution in [0, 0.1) is 0 Å². The van der Waals surface area contributed by atoms with Crippen LogP contribution in [0.4, 0.5) is 9.59 Å². The Kier molecular flexibility index (Phi) is 9.96. The van der Waals surface area contributed by atoms with E-state index in [9.17, 15) is 19.8 Å². The number of hydrogen-bond donors (Lipinski definition) is 4. The zero-order valence-electron chi connectivity index (χ0n) is 20.8. The summed E-state index contributed by atoms with van der Waals surface area (Å²) in [5.41, 5.74) is 3.14. The van der Waals surface area contributed by atoms with E-state index in [0.717, 1.165) is 26.0 Å². The van der Waals surface area contributed by atoms with Gasteiger partial charge in [-0.15, -0.1) is 0 Å². The number of carbonyl (C=O) groups excluding carboxylic acids is 2. The van der Waals surface area contributed by atoms with Gasteiger partial charge in [0.05, 0.1) is 12.7 Å². The number of hydrogen-bond acceptors (Lipinski definition) is 7. The van der Waals surface area contributed by atoms with Gasteiger partial charge in [-0.1, -0.05) is 50.2 Å². The average Bonchev–Trinajstić information content (AvgIpc) is 2.88. The van der Waals surface area contributed by atoms with Crippen molar-refractivity contribution in [3.8, 4) is 5.75 Å². The largest absolute Gasteiger partial charge is 0.491 e. The first-order valence-corrected chi connectivity index (χ1v) is 11.7. The Morgan fingerprint density at radius 2 is 1.40 bits per heavy atom. The lowest BCUT2D eigenvalue weighted by atomic mass is 9.78. The first kappa shape index (κ1) is 28.4. The highest BCUT2D eigenvalue weighted by molar-refractivity contribution is 7.80. The van der Waals surface area contributed by atoms with Crippen molar-refractivity contribution in [1.29, 1.82) is 0 Å². The number of amides is 4. The SMILES string of the molecule is CC(C)(c1ccc(CO)cc1)c1ccc(OCC(O)CS)cc1.CN1C(=O)N(C)C(O)N(C)C1=O. The van der Waals surface area contributed by atoms with E-state index in [1.807, 2.05) is 36.4 Å². The van der Waals surface area contributed by atoms with Gasteiger partial charge in [-0.2, -0.15) is 12.6 Å². The lowest BCUT2D eigenvalue weighted by Gasteiger charge is -2.39. The molecule has 1 aliphatic heterocycles. The molecule has 3 rings (SSSR count). The molecule has 1 fully saturated rings. The number of aliphatic hydroxyl groups excluding tert-OH is 3. The number of nitrogens with zero attached hydrogens (tertiary/aromatic N) is 3. The minimum absolute atomic E-state index is 0.0604. The predicted octanol–water partition coefficient (Wildman–Crippen LogP) is 2.49. The van der Waals surface area contributed by atoms with Crippen LogP contribution in [0.25, 0.3) is 0 Å². The predicted molar refractivity (Wildman–Crippen MR) is 136 cm³/mol. The zero-order chi connectivity index (χ0) is 26.3. The van der Waals surface area contributed by atoms with Crippen molar-refractivity contribution in [3.05, 3.63) is 65.2 Å². The van der Waals surface area contributed by atoms with Gasteiger partial charge < -0.3 is 20.1 Å². The van der Waals surface area contributed by atoms with E-state index < -0.39 is 24.5 Å². The molecule has 10 heteroatoms. The lowest BCUT2D eigenvalue weighted by Crippen LogP contribution is -2.62. The lowest BCUT2D eigenvalue weighted by molar-refractivity contribution is -0.0697. The van der Waals surface area contributed by atoms with Crippen LogP contribution in [0.5, 0.6) is 5.75 Å². The zero-order valence-corrected chi connectivity index (χ0v) is 21.6. The fourth-order valence-electron chi connectivity index (χ4n) is 3.42. The molecule has 1 heterocycles. The summed E-state index contributed by atoms with van der Waals surface area (Å²) < 4.78 is 5.54. The van der Waals surface area contributed by atoms with Crippen LogP contribution in [0.3, 0.4) is 0 Å². The third-order valence-corrected chi connectivity index (χ3v) is 6.38. The van der Waals surface area contributed by atoms with E-state index in [2.05, 4.69) is 38.6 Å². The summed E-state index contributed by atoms with van der Waals surface area (Å²) in [6, 6.07) is 14.9. The van der Waals surface area contributed by atoms with Crippen molar-refractivity contribution in [2.24, 2.45) is 0 Å². The first-order chi connectivity index (χ1) is 16.4. The van der Waals surface area contributed by atoms with E-state index in [1.165, 1.54) is 32.3 Å². The molecule has 192 valence electrons. The Morgan fingerprint density at radius 3 is 1.83 bits per heavy atom. The maximum atomic E-state index is 11.1. The maximum absolute atomic E-state index is 11.1. The Balaban J connectivity index is 0.000000303. The molecule has 0 saturated carbocycles. The fourth-order valence-corrected chi connectivity index (χ4v) is 3.52. The molecular formula is C25H35N3O6S. The quantitative estimate of drug-likeness (QED) is 0.430. The van der Waals surface area contributed by atoms with Crippen LogP contribution in [-0.2, 0) is 12.0 Å². The monoisotopic (exact) mass is 505 g/mol. The Bertz CT molecular complexity index is 962. The Labute approximate surface area is 211 Å². The molecule has 1 aliphatic rings. The molecule has 1 atom stereocenters. The molecular weight excluding hydrogens is 470 g/mol. The van der Waals surface area contributed by atoms with E-state index in [0.29, 0.717) is 5.75 Å². The summed E-state index contributed by atoms with van der Waals surface area (Å²) >= 11 is 4.03. The number of benzene rings is 2. The third kappa shape index (κ3) is 6.88. The highest BCUT2D eigenvalue weighted by Gasteiger charge is 2.37. The molecule has 1 saturated heterocycles. The number of thiol groups is 1. The summed E-state index contributed by atoms with van der Waals surface area (Å²) in [6.45, 7) is 4.64. The van der Waals surface area contributed by atoms with Gasteiger partial charge in [-0.3, -0.25) is 9.80 Å². The van der Waals surface area contributed by atoms with Crippen LogP contribution in [0.15, 0.2) is 48.5 Å². The van der Waals surface area contributed by atoms with Crippen molar-refractivity contribution in [2.75, 3.05) is 33.5 Å². The first-order valence-electron chi connectivity index (χ1n) is 11.1. The summed E-state index contributed by atoms with van der Waals surface area (Å²) in [7, 11) is 4.21. The minimum Gasteiger partial charge on any atom is -0.491 e. The summed E-state index contributed by atoms with van der Waals surface area (Å²) in [5, 5.41) is 27.9. The van der Waals surface area contributed by atoms with Crippen molar-refractivity contribution >= 4 is 24.7 Å². The smallest absolute Gasteiger partial charge is 0.331 e. The molecule has 0 radical (unpaired) electrons. The van der Waals surface area contributed by atoms with Gasteiger partial charge in [0.15, 0.2) is 0 Å². The highest BCUT2D eigenvalue weighted by atomic mass is 32.1. The second-order valence-electron chi connectivity index (χ2n) is 8.84. The van der Waals surface area contributed by atoms with Gasteiger partial charge in [0, 0.05) is 32.3 Å². The molecule has 9 nitrogen and oxygen atoms in total. The van der Waals surface area contributed by atoms with Gasteiger partial charge in [0.25, 0.3) is 0 Å². The van der Waals surface area contributed by atoms with Gasteiger partial charge in [-0.05, 0) is 28.8 Å². The van der Waals surface area contributed by atoms with Crippen molar-refractivity contribution < 1.29 is 29.6 Å². The maximum Gasteiger partial charge on any atom is 0.331 e. The summed E-state index contributed by atoms with van der Waals surface area (Å²) in [5.74, 6) is 1.12. The molecule has 0 aliphatic carbocycles. The van der Waals surface area contributed by atoms with Gasteiger partial charge in [0.1, 0.15) is 12.4 Å². The van der Waals surface area contributed by atoms with Crippen LogP contribution in [-0.4, -0.2) is 88.0 Å². The molecule has 3 N–H and O–H groups in total. The molecule has 2 aromatic rings. The Hall–Kier alpha value is -2.79. The number of urea groups is 2. The molecule has 2 aromatic carbocycles. The molecule has 0 bridgehead atoms. The number of ether oxygens (including phenoxy) is 1. The second kappa shape index (κ2) is 12.3. The van der Waals surface area contributed by atoms with E-state index >= 15 is 0 Å². The molecule has 1 unspecified atom stereocenters. The minimum atomic E-state index is -1.17. The number of rotatable bonds is 7. The number of imide groups is 1. The van der Waals surface area contributed by atoms with Crippen molar-refractivity contribution in [3.63, 3.8) is 0 Å². The van der Waals surface area contributed by atoms with Crippen LogP contribution < -0.4 is 4.74 Å².